The average Bonchev–Trinajstić information content (AvgIpc) is 3.02. The fraction of sp³-hybridized carbons (Fsp3) is 0.771. The van der Waals surface area contributed by atoms with E-state index < -0.39 is 0 Å². The van der Waals surface area contributed by atoms with E-state index in [9.17, 15) is 9.59 Å². The Labute approximate surface area is 257 Å². The van der Waals surface area contributed by atoms with Crippen LogP contribution in [0.1, 0.15) is 90.5 Å². The standard InChI is InChI=1S/C12H15NO.C9H17NO.C7H15NO.C7H15N/c14-12-6-8-13(9-7-12)10-11-4-2-1-3-5-11;1-8(2)7-10-5-3-9(11)4-6-10;9-7-6-8-4-2-1-3-5-8;1-2-8-6-4-3-5-7-8/h1-5H,6-10H2;8H,3-7H2,1-2H3;9H,1-7H2;2-7H2,1H3. The van der Waals surface area contributed by atoms with Crippen LogP contribution in [0.25, 0.3) is 0 Å². The Morgan fingerprint density at radius 3 is 1.55 bits per heavy atom. The Morgan fingerprint density at radius 2 is 1.12 bits per heavy atom. The highest BCUT2D eigenvalue weighted by Crippen LogP contribution is 2.11. The maximum Gasteiger partial charge on any atom is 0.135 e. The molecule has 7 heteroatoms. The molecule has 0 unspecified atom stereocenters. The second-order valence-corrected chi connectivity index (χ2v) is 12.7. The maximum absolute atomic E-state index is 11.0. The quantitative estimate of drug-likeness (QED) is 0.476. The van der Waals surface area contributed by atoms with Crippen LogP contribution in [-0.2, 0) is 16.1 Å². The van der Waals surface area contributed by atoms with Crippen LogP contribution in [0.5, 0.6) is 0 Å². The number of rotatable bonds is 7. The summed E-state index contributed by atoms with van der Waals surface area (Å²) in [6, 6.07) is 10.4. The van der Waals surface area contributed by atoms with E-state index in [0.29, 0.717) is 18.2 Å². The second-order valence-electron chi connectivity index (χ2n) is 12.7. The van der Waals surface area contributed by atoms with Crippen LogP contribution in [0.15, 0.2) is 30.3 Å². The molecule has 1 N–H and O–H groups in total. The van der Waals surface area contributed by atoms with Gasteiger partial charge < -0.3 is 19.8 Å². The third kappa shape index (κ3) is 17.5. The van der Waals surface area contributed by atoms with Crippen molar-refractivity contribution < 1.29 is 14.7 Å². The molecule has 4 aliphatic heterocycles. The first-order valence-electron chi connectivity index (χ1n) is 17.0. The molecule has 0 saturated carbocycles. The molecule has 4 fully saturated rings. The van der Waals surface area contributed by atoms with Gasteiger partial charge in [0.05, 0.1) is 6.61 Å². The fourth-order valence-electron chi connectivity index (χ4n) is 5.90. The SMILES string of the molecule is CC(C)CN1CCC(=O)CC1.CCN1CCCCC1.O=C1CCN(Cc2ccccc2)CC1.OCCN1CCCCC1. The minimum absolute atomic E-state index is 0.319. The Hall–Kier alpha value is -1.64. The van der Waals surface area contributed by atoms with Gasteiger partial charge in [-0.25, -0.2) is 0 Å². The van der Waals surface area contributed by atoms with Crippen molar-refractivity contribution in [3.63, 3.8) is 0 Å². The number of carbonyl (C=O) groups excluding carboxylic acids is 2. The molecule has 1 aromatic rings. The first-order valence-corrected chi connectivity index (χ1v) is 17.0. The highest BCUT2D eigenvalue weighted by atomic mass is 16.3. The molecule has 0 bridgehead atoms. The molecule has 7 nitrogen and oxygen atoms in total. The van der Waals surface area contributed by atoms with Crippen LogP contribution in [-0.4, -0.2) is 115 Å². The van der Waals surface area contributed by atoms with E-state index in [1.54, 1.807) is 0 Å². The molecule has 0 aromatic heterocycles. The largest absolute Gasteiger partial charge is 0.395 e. The van der Waals surface area contributed by atoms with E-state index in [1.807, 2.05) is 6.07 Å². The summed E-state index contributed by atoms with van der Waals surface area (Å²) in [4.78, 5) is 31.5. The molecular weight excluding hydrogens is 524 g/mol. The lowest BCUT2D eigenvalue weighted by molar-refractivity contribution is -0.122. The van der Waals surface area contributed by atoms with Crippen molar-refractivity contribution in [3.8, 4) is 0 Å². The molecular formula is C35H62N4O3. The number of hydrogen-bond acceptors (Lipinski definition) is 7. The molecule has 4 saturated heterocycles. The number of Topliss-reactive ketones (excluding diaryl/α,β-unsaturated/α-hetero) is 2. The van der Waals surface area contributed by atoms with Crippen molar-refractivity contribution in [2.75, 3.05) is 78.6 Å². The molecule has 0 aliphatic carbocycles. The smallest absolute Gasteiger partial charge is 0.135 e. The van der Waals surface area contributed by atoms with Crippen LogP contribution < -0.4 is 0 Å². The first kappa shape index (κ1) is 36.6. The van der Waals surface area contributed by atoms with Crippen molar-refractivity contribution in [1.29, 1.82) is 0 Å². The maximum atomic E-state index is 11.0. The van der Waals surface area contributed by atoms with E-state index in [4.69, 9.17) is 5.11 Å². The van der Waals surface area contributed by atoms with E-state index in [0.717, 1.165) is 77.4 Å². The number of nitrogens with zero attached hydrogens (tertiary/aromatic N) is 4. The Bertz CT molecular complexity index is 800. The number of β-amino-alcohol motifs (C(OH)–C–C–N with tert-alkyl or cyclic N) is 1. The molecule has 0 radical (unpaired) electrons. The Kier molecular flexibility index (Phi) is 19.9. The van der Waals surface area contributed by atoms with E-state index in [-0.39, 0.29) is 0 Å². The van der Waals surface area contributed by atoms with Gasteiger partial charge in [0.15, 0.2) is 0 Å². The topological polar surface area (TPSA) is 67.3 Å². The molecule has 0 atom stereocenters. The lowest BCUT2D eigenvalue weighted by atomic mass is 10.1. The fourth-order valence-corrected chi connectivity index (χ4v) is 5.90. The van der Waals surface area contributed by atoms with Crippen LogP contribution in [0.3, 0.4) is 0 Å². The Balaban J connectivity index is 0.000000200. The van der Waals surface area contributed by atoms with Gasteiger partial charge >= 0.3 is 0 Å². The van der Waals surface area contributed by atoms with Crippen molar-refractivity contribution in [2.24, 2.45) is 5.92 Å². The summed E-state index contributed by atoms with van der Waals surface area (Å²) in [7, 11) is 0. The first-order chi connectivity index (χ1) is 20.4. The molecule has 4 aliphatic rings. The third-order valence-corrected chi connectivity index (χ3v) is 8.46. The highest BCUT2D eigenvalue weighted by Gasteiger charge is 2.17. The summed E-state index contributed by atoms with van der Waals surface area (Å²) >= 11 is 0. The minimum atomic E-state index is 0.319. The average molecular weight is 587 g/mol. The molecule has 42 heavy (non-hydrogen) atoms. The molecule has 1 aromatic carbocycles. The number of hydrogen-bond donors (Lipinski definition) is 1. The predicted octanol–water partition coefficient (Wildman–Crippen LogP) is 5.12. The van der Waals surface area contributed by atoms with E-state index in [2.05, 4.69) is 64.6 Å². The minimum Gasteiger partial charge on any atom is -0.395 e. The highest BCUT2D eigenvalue weighted by molar-refractivity contribution is 5.79. The van der Waals surface area contributed by atoms with Gasteiger partial charge in [-0.3, -0.25) is 14.5 Å². The number of aliphatic hydroxyl groups excluding tert-OH is 1. The molecule has 0 amide bonds. The normalized spacial score (nSPS) is 21.0. The zero-order chi connectivity index (χ0) is 30.4. The lowest BCUT2D eigenvalue weighted by Gasteiger charge is -2.27. The summed E-state index contributed by atoms with van der Waals surface area (Å²) < 4.78 is 0. The molecule has 4 heterocycles. The third-order valence-electron chi connectivity index (χ3n) is 8.46. The summed E-state index contributed by atoms with van der Waals surface area (Å²) in [5, 5.41) is 8.58. The van der Waals surface area contributed by atoms with E-state index in [1.165, 1.54) is 76.8 Å². The number of likely N-dealkylation sites (tertiary alicyclic amines) is 4. The number of ketones is 2. The van der Waals surface area contributed by atoms with Gasteiger partial charge in [0, 0.05) is 71.5 Å². The van der Waals surface area contributed by atoms with Crippen molar-refractivity contribution in [1.82, 2.24) is 19.6 Å². The Morgan fingerprint density at radius 1 is 0.643 bits per heavy atom. The van der Waals surface area contributed by atoms with Gasteiger partial charge in [-0.2, -0.15) is 0 Å². The summed E-state index contributed by atoms with van der Waals surface area (Å²) in [6.45, 7) is 20.1. The number of carbonyl (C=O) groups is 2. The summed E-state index contributed by atoms with van der Waals surface area (Å²) in [5.41, 5.74) is 1.34. The summed E-state index contributed by atoms with van der Waals surface area (Å²) in [6.07, 6.45) is 11.3. The van der Waals surface area contributed by atoms with Crippen molar-refractivity contribution in [3.05, 3.63) is 35.9 Å². The van der Waals surface area contributed by atoms with Gasteiger partial charge in [-0.15, -0.1) is 0 Å². The van der Waals surface area contributed by atoms with Gasteiger partial charge in [-0.05, 0) is 69.9 Å². The van der Waals surface area contributed by atoms with Crippen LogP contribution >= 0.6 is 0 Å². The van der Waals surface area contributed by atoms with Gasteiger partial charge in [0.2, 0.25) is 0 Å². The number of piperidine rings is 4. The van der Waals surface area contributed by atoms with Gasteiger partial charge in [0.1, 0.15) is 11.6 Å². The van der Waals surface area contributed by atoms with Crippen molar-refractivity contribution >= 4 is 11.6 Å². The summed E-state index contributed by atoms with van der Waals surface area (Å²) in [5.74, 6) is 1.57. The number of benzene rings is 1. The zero-order valence-electron chi connectivity index (χ0n) is 27.3. The second kappa shape index (κ2) is 22.8. The van der Waals surface area contributed by atoms with Gasteiger partial charge in [0.25, 0.3) is 0 Å². The lowest BCUT2D eigenvalue weighted by Crippen LogP contribution is -2.36. The number of aliphatic hydroxyl groups is 1. The molecule has 5 rings (SSSR count). The van der Waals surface area contributed by atoms with Crippen LogP contribution in [0.2, 0.25) is 0 Å². The predicted molar refractivity (Wildman–Crippen MR) is 175 cm³/mol. The monoisotopic (exact) mass is 586 g/mol. The molecule has 240 valence electrons. The van der Waals surface area contributed by atoms with E-state index >= 15 is 0 Å². The zero-order valence-corrected chi connectivity index (χ0v) is 27.3. The van der Waals surface area contributed by atoms with Crippen LogP contribution in [0.4, 0.5) is 0 Å². The van der Waals surface area contributed by atoms with Crippen LogP contribution in [0, 0.1) is 5.92 Å². The molecule has 0 spiro atoms. The van der Waals surface area contributed by atoms with Gasteiger partial charge in [-0.1, -0.05) is 63.9 Å². The van der Waals surface area contributed by atoms with Crippen molar-refractivity contribution in [2.45, 2.75) is 91.5 Å².